The van der Waals surface area contributed by atoms with Crippen LogP contribution in [0.25, 0.3) is 0 Å². The van der Waals surface area contributed by atoms with Crippen LogP contribution in [0.15, 0.2) is 29.8 Å². The van der Waals surface area contributed by atoms with Crippen molar-refractivity contribution in [3.63, 3.8) is 0 Å². The molecule has 0 aromatic heterocycles. The molecule has 0 saturated carbocycles. The number of aldehydes is 1. The molecule has 0 amide bonds. The number of benzene rings is 1. The van der Waals surface area contributed by atoms with Crippen molar-refractivity contribution in [2.75, 3.05) is 20.3 Å². The molecule has 0 aliphatic carbocycles. The summed E-state index contributed by atoms with van der Waals surface area (Å²) in [6.07, 6.45) is 2.12. The maximum Gasteiger partial charge on any atom is 0.330 e. The van der Waals surface area contributed by atoms with E-state index in [2.05, 4.69) is 0 Å². The Morgan fingerprint density at radius 3 is 2.65 bits per heavy atom. The average Bonchev–Trinajstić information content (AvgIpc) is 2.45. The zero-order valence-corrected chi connectivity index (χ0v) is 11.8. The molecule has 5 nitrogen and oxygen atoms in total. The monoisotopic (exact) mass is 278 g/mol. The Balaban J connectivity index is 2.70. The fraction of sp³-hybridized carbons (Fsp3) is 0.333. The Kier molecular flexibility index (Phi) is 6.29. The zero-order chi connectivity index (χ0) is 15.0. The predicted molar refractivity (Wildman–Crippen MR) is 74.3 cm³/mol. The van der Waals surface area contributed by atoms with Gasteiger partial charge in [0.25, 0.3) is 0 Å². The van der Waals surface area contributed by atoms with Crippen LogP contribution in [0.4, 0.5) is 0 Å². The maximum atomic E-state index is 11.3. The summed E-state index contributed by atoms with van der Waals surface area (Å²) in [7, 11) is 1.50. The normalized spacial score (nSPS) is 10.8. The van der Waals surface area contributed by atoms with E-state index < -0.39 is 5.97 Å². The number of esters is 1. The van der Waals surface area contributed by atoms with Gasteiger partial charge in [-0.15, -0.1) is 0 Å². The van der Waals surface area contributed by atoms with Crippen LogP contribution in [0.5, 0.6) is 11.5 Å². The van der Waals surface area contributed by atoms with Crippen molar-refractivity contribution in [3.05, 3.63) is 35.4 Å². The van der Waals surface area contributed by atoms with E-state index in [9.17, 15) is 9.59 Å². The molecule has 5 heteroatoms. The molecule has 0 atom stereocenters. The number of ether oxygens (including phenoxy) is 3. The van der Waals surface area contributed by atoms with Crippen molar-refractivity contribution >= 4 is 12.3 Å². The van der Waals surface area contributed by atoms with Gasteiger partial charge in [0.1, 0.15) is 12.9 Å². The maximum absolute atomic E-state index is 11.3. The lowest BCUT2D eigenvalue weighted by atomic mass is 10.2. The zero-order valence-electron chi connectivity index (χ0n) is 11.8. The van der Waals surface area contributed by atoms with Crippen LogP contribution < -0.4 is 9.47 Å². The van der Waals surface area contributed by atoms with E-state index in [0.29, 0.717) is 23.7 Å². The summed E-state index contributed by atoms with van der Waals surface area (Å²) in [5.41, 5.74) is 1.23. The molecule has 1 aromatic rings. The molecule has 0 spiro atoms. The van der Waals surface area contributed by atoms with Gasteiger partial charge in [-0.05, 0) is 37.6 Å². The molecule has 0 fully saturated rings. The van der Waals surface area contributed by atoms with Gasteiger partial charge in [0.15, 0.2) is 11.5 Å². The molecule has 0 N–H and O–H groups in total. The van der Waals surface area contributed by atoms with E-state index in [1.807, 2.05) is 0 Å². The molecule has 0 aliphatic heterocycles. The number of hydrogen-bond acceptors (Lipinski definition) is 5. The van der Waals surface area contributed by atoms with E-state index in [4.69, 9.17) is 14.2 Å². The van der Waals surface area contributed by atoms with E-state index in [0.717, 1.165) is 11.9 Å². The Morgan fingerprint density at radius 1 is 1.30 bits per heavy atom. The van der Waals surface area contributed by atoms with Gasteiger partial charge in [-0.2, -0.15) is 0 Å². The first kappa shape index (κ1) is 15.8. The molecule has 20 heavy (non-hydrogen) atoms. The second kappa shape index (κ2) is 7.99. The van der Waals surface area contributed by atoms with Crippen LogP contribution in [-0.2, 0) is 9.53 Å². The summed E-state index contributed by atoms with van der Waals surface area (Å²) in [5.74, 6) is 0.588. The Morgan fingerprint density at radius 2 is 2.05 bits per heavy atom. The van der Waals surface area contributed by atoms with Crippen LogP contribution >= 0.6 is 0 Å². The first-order valence-corrected chi connectivity index (χ1v) is 6.20. The number of hydrogen-bond donors (Lipinski definition) is 0. The van der Waals surface area contributed by atoms with Crippen LogP contribution in [0, 0.1) is 0 Å². The molecule has 1 aromatic carbocycles. The van der Waals surface area contributed by atoms with Crippen molar-refractivity contribution in [2.45, 2.75) is 13.8 Å². The number of carbonyl (C=O) groups excluding carboxylic acids is 2. The Bertz CT molecular complexity index is 505. The summed E-state index contributed by atoms with van der Waals surface area (Å²) < 4.78 is 15.5. The minimum atomic E-state index is -0.392. The Hall–Kier alpha value is -2.30. The lowest BCUT2D eigenvalue weighted by Gasteiger charge is -2.11. The first-order chi connectivity index (χ1) is 9.60. The van der Waals surface area contributed by atoms with E-state index in [1.165, 1.54) is 13.2 Å². The lowest BCUT2D eigenvalue weighted by molar-refractivity contribution is -0.137. The highest BCUT2D eigenvalue weighted by Crippen LogP contribution is 2.27. The van der Waals surface area contributed by atoms with Gasteiger partial charge in [0.2, 0.25) is 0 Å². The van der Waals surface area contributed by atoms with Crippen molar-refractivity contribution < 1.29 is 23.8 Å². The third-order valence-electron chi connectivity index (χ3n) is 2.43. The van der Waals surface area contributed by atoms with Crippen molar-refractivity contribution in [2.24, 2.45) is 0 Å². The molecule has 108 valence electrons. The van der Waals surface area contributed by atoms with Gasteiger partial charge in [-0.1, -0.05) is 0 Å². The molecular weight excluding hydrogens is 260 g/mol. The van der Waals surface area contributed by atoms with Gasteiger partial charge in [-0.3, -0.25) is 4.79 Å². The van der Waals surface area contributed by atoms with Crippen molar-refractivity contribution in [3.8, 4) is 11.5 Å². The molecular formula is C15H18O5. The minimum absolute atomic E-state index is 0.232. The van der Waals surface area contributed by atoms with Crippen molar-refractivity contribution in [1.82, 2.24) is 0 Å². The van der Waals surface area contributed by atoms with E-state index in [-0.39, 0.29) is 6.61 Å². The highest BCUT2D eigenvalue weighted by Gasteiger charge is 2.06. The van der Waals surface area contributed by atoms with E-state index >= 15 is 0 Å². The molecule has 0 unspecified atom stereocenters. The van der Waals surface area contributed by atoms with Gasteiger partial charge in [0.05, 0.1) is 13.7 Å². The Labute approximate surface area is 118 Å². The summed E-state index contributed by atoms with van der Waals surface area (Å²) >= 11 is 0. The molecule has 0 heterocycles. The second-order valence-corrected chi connectivity index (χ2v) is 4.06. The average molecular weight is 278 g/mol. The van der Waals surface area contributed by atoms with Gasteiger partial charge < -0.3 is 14.2 Å². The number of carbonyl (C=O) groups is 2. The second-order valence-electron chi connectivity index (χ2n) is 4.06. The molecule has 1 rings (SSSR count). The summed E-state index contributed by atoms with van der Waals surface area (Å²) in [4.78, 5) is 21.9. The van der Waals surface area contributed by atoms with Crippen LogP contribution in [0.3, 0.4) is 0 Å². The van der Waals surface area contributed by atoms with Crippen LogP contribution in [0.1, 0.15) is 24.2 Å². The molecule has 0 bridgehead atoms. The van der Waals surface area contributed by atoms with E-state index in [1.54, 1.807) is 32.0 Å². The van der Waals surface area contributed by atoms with Crippen LogP contribution in [0.2, 0.25) is 0 Å². The largest absolute Gasteiger partial charge is 0.493 e. The SMILES string of the molecule is CCOC(=O)/C=C(\C)COc1ccc(C=O)cc1OC. The molecule has 0 aliphatic rings. The summed E-state index contributed by atoms with van der Waals surface area (Å²) in [5, 5.41) is 0. The van der Waals surface area contributed by atoms with Crippen molar-refractivity contribution in [1.29, 1.82) is 0 Å². The fourth-order valence-electron chi connectivity index (χ4n) is 1.50. The lowest BCUT2D eigenvalue weighted by Crippen LogP contribution is -2.05. The summed E-state index contributed by atoms with van der Waals surface area (Å²) in [6.45, 7) is 4.08. The van der Waals surface area contributed by atoms with Gasteiger partial charge in [-0.25, -0.2) is 4.79 Å². The number of methoxy groups -OCH3 is 1. The quantitative estimate of drug-likeness (QED) is 0.435. The van der Waals surface area contributed by atoms with Crippen LogP contribution in [-0.4, -0.2) is 32.6 Å². The standard InChI is InChI=1S/C15H18O5/c1-4-19-15(17)7-11(2)10-20-13-6-5-12(9-16)8-14(13)18-3/h5-9H,4,10H2,1-3H3/b11-7+. The third kappa shape index (κ3) is 4.76. The topological polar surface area (TPSA) is 61.8 Å². The summed E-state index contributed by atoms with van der Waals surface area (Å²) in [6, 6.07) is 4.88. The molecule has 0 radical (unpaired) electrons. The smallest absolute Gasteiger partial charge is 0.330 e. The highest BCUT2D eigenvalue weighted by molar-refractivity contribution is 5.82. The van der Waals surface area contributed by atoms with Gasteiger partial charge >= 0.3 is 5.97 Å². The minimum Gasteiger partial charge on any atom is -0.493 e. The fourth-order valence-corrected chi connectivity index (χ4v) is 1.50. The number of rotatable bonds is 7. The first-order valence-electron chi connectivity index (χ1n) is 6.20. The third-order valence-corrected chi connectivity index (χ3v) is 2.43. The van der Waals surface area contributed by atoms with Gasteiger partial charge in [0, 0.05) is 11.6 Å². The highest BCUT2D eigenvalue weighted by atomic mass is 16.5. The predicted octanol–water partition coefficient (Wildman–Crippen LogP) is 2.40. The molecule has 0 saturated heterocycles.